The van der Waals surface area contributed by atoms with Gasteiger partial charge in [0.25, 0.3) is 0 Å². The smallest absolute Gasteiger partial charge is 0.232 e. The fraction of sp³-hybridized carbons (Fsp3) is 0.174. The third-order valence-electron chi connectivity index (χ3n) is 4.56. The van der Waals surface area contributed by atoms with Crippen LogP contribution in [0.25, 0.3) is 0 Å². The van der Waals surface area contributed by atoms with E-state index in [-0.39, 0.29) is 17.6 Å². The molecule has 0 radical (unpaired) electrons. The molecule has 3 rings (SSSR count). The van der Waals surface area contributed by atoms with Crippen LogP contribution in [0, 0.1) is 6.92 Å². The molecule has 136 valence electrons. The van der Waals surface area contributed by atoms with Crippen LogP contribution >= 0.6 is 0 Å². The normalized spacial score (nSPS) is 11.6. The van der Waals surface area contributed by atoms with Crippen LogP contribution in [0.5, 0.6) is 0 Å². The van der Waals surface area contributed by atoms with Crippen molar-refractivity contribution in [3.8, 4) is 0 Å². The Kier molecular flexibility index (Phi) is 5.77. The van der Waals surface area contributed by atoms with E-state index in [9.17, 15) is 9.59 Å². The highest BCUT2D eigenvalue weighted by molar-refractivity contribution is 5.99. The fourth-order valence-electron chi connectivity index (χ4n) is 2.97. The number of carbonyl (C=O) groups excluding carboxylic acids is 2. The second-order valence-electron chi connectivity index (χ2n) is 6.56. The van der Waals surface area contributed by atoms with Crippen LogP contribution in [0.3, 0.4) is 0 Å². The molecule has 0 saturated carbocycles. The number of nitrogens with zero attached hydrogens (tertiary/aromatic N) is 1. The number of aryl methyl sites for hydroxylation is 1. The summed E-state index contributed by atoms with van der Waals surface area (Å²) in [5.41, 5.74) is 3.95. The minimum atomic E-state index is -0.374. The van der Waals surface area contributed by atoms with Crippen molar-refractivity contribution >= 4 is 17.4 Å². The molecular weight excluding hydrogens is 336 g/mol. The number of anilines is 1. The van der Waals surface area contributed by atoms with Gasteiger partial charge in [-0.05, 0) is 43.2 Å². The van der Waals surface area contributed by atoms with Crippen molar-refractivity contribution in [3.05, 3.63) is 95.3 Å². The van der Waals surface area contributed by atoms with Gasteiger partial charge in [-0.25, -0.2) is 0 Å². The molecule has 0 fully saturated rings. The molecule has 0 bridgehead atoms. The van der Waals surface area contributed by atoms with Crippen LogP contribution in [-0.2, 0) is 11.2 Å². The lowest BCUT2D eigenvalue weighted by atomic mass is 9.92. The molecule has 0 aliphatic carbocycles. The molecule has 1 aromatic heterocycles. The number of hydrogen-bond acceptors (Lipinski definition) is 3. The zero-order valence-electron chi connectivity index (χ0n) is 15.5. The lowest BCUT2D eigenvalue weighted by Crippen LogP contribution is -2.24. The number of pyridine rings is 1. The van der Waals surface area contributed by atoms with Gasteiger partial charge in [0, 0.05) is 29.6 Å². The summed E-state index contributed by atoms with van der Waals surface area (Å²) in [5.74, 6) is -0.518. The van der Waals surface area contributed by atoms with E-state index >= 15 is 0 Å². The first kappa shape index (κ1) is 18.5. The van der Waals surface area contributed by atoms with Gasteiger partial charge in [-0.15, -0.1) is 0 Å². The second-order valence-corrected chi connectivity index (χ2v) is 6.56. The van der Waals surface area contributed by atoms with E-state index in [1.807, 2.05) is 61.5 Å². The van der Waals surface area contributed by atoms with E-state index in [0.717, 1.165) is 16.8 Å². The van der Waals surface area contributed by atoms with E-state index < -0.39 is 0 Å². The summed E-state index contributed by atoms with van der Waals surface area (Å²) in [6.45, 7) is 3.43. The Morgan fingerprint density at radius 3 is 2.41 bits per heavy atom. The summed E-state index contributed by atoms with van der Waals surface area (Å²) in [6.07, 6.45) is 2.23. The molecule has 4 heteroatoms. The van der Waals surface area contributed by atoms with Crippen molar-refractivity contribution < 1.29 is 9.59 Å². The van der Waals surface area contributed by atoms with Crippen LogP contribution in [0.2, 0.25) is 0 Å². The predicted octanol–water partition coefficient (Wildman–Crippen LogP) is 4.56. The highest BCUT2D eigenvalue weighted by atomic mass is 16.2. The SMILES string of the molecule is CC(=O)c1ccc(C)c(NC(=O)C(Cc2ccccn2)c2ccccc2)c1. The molecule has 4 nitrogen and oxygen atoms in total. The van der Waals surface area contributed by atoms with Crippen LogP contribution in [0.1, 0.15) is 40.0 Å². The Bertz CT molecular complexity index is 937. The predicted molar refractivity (Wildman–Crippen MR) is 107 cm³/mol. The van der Waals surface area contributed by atoms with Crippen molar-refractivity contribution in [1.29, 1.82) is 0 Å². The molecule has 1 N–H and O–H groups in total. The molecule has 1 atom stereocenters. The van der Waals surface area contributed by atoms with E-state index in [1.54, 1.807) is 18.3 Å². The number of ketones is 1. The van der Waals surface area contributed by atoms with Crippen molar-refractivity contribution in [2.45, 2.75) is 26.2 Å². The maximum Gasteiger partial charge on any atom is 0.232 e. The van der Waals surface area contributed by atoms with Gasteiger partial charge in [-0.2, -0.15) is 0 Å². The van der Waals surface area contributed by atoms with E-state index in [1.165, 1.54) is 6.92 Å². The summed E-state index contributed by atoms with van der Waals surface area (Å²) < 4.78 is 0. The molecule has 1 amide bonds. The molecule has 0 aliphatic heterocycles. The van der Waals surface area contributed by atoms with Gasteiger partial charge in [-0.3, -0.25) is 14.6 Å². The summed E-state index contributed by atoms with van der Waals surface area (Å²) in [4.78, 5) is 29.2. The van der Waals surface area contributed by atoms with Gasteiger partial charge in [0.2, 0.25) is 5.91 Å². The molecule has 27 heavy (non-hydrogen) atoms. The van der Waals surface area contributed by atoms with Crippen LogP contribution in [-0.4, -0.2) is 16.7 Å². The van der Waals surface area contributed by atoms with Crippen molar-refractivity contribution in [1.82, 2.24) is 4.98 Å². The highest BCUT2D eigenvalue weighted by Crippen LogP contribution is 2.24. The average Bonchev–Trinajstić information content (AvgIpc) is 2.69. The van der Waals surface area contributed by atoms with Crippen LogP contribution in [0.15, 0.2) is 72.9 Å². The number of hydrogen-bond donors (Lipinski definition) is 1. The number of nitrogens with one attached hydrogen (secondary N) is 1. The molecule has 0 spiro atoms. The topological polar surface area (TPSA) is 59.1 Å². The molecule has 2 aromatic carbocycles. The lowest BCUT2D eigenvalue weighted by Gasteiger charge is -2.18. The summed E-state index contributed by atoms with van der Waals surface area (Å²) in [7, 11) is 0. The Morgan fingerprint density at radius 1 is 1.00 bits per heavy atom. The maximum atomic E-state index is 13.1. The zero-order valence-corrected chi connectivity index (χ0v) is 15.5. The standard InChI is InChI=1S/C23H22N2O2/c1-16-11-12-19(17(2)26)14-22(16)25-23(27)21(18-8-4-3-5-9-18)15-20-10-6-7-13-24-20/h3-14,21H,15H2,1-2H3,(H,25,27). The average molecular weight is 358 g/mol. The van der Waals surface area contributed by atoms with Gasteiger partial charge in [0.1, 0.15) is 0 Å². The zero-order chi connectivity index (χ0) is 19.2. The number of carbonyl (C=O) groups is 2. The Hall–Kier alpha value is -3.27. The monoisotopic (exact) mass is 358 g/mol. The molecule has 1 heterocycles. The van der Waals surface area contributed by atoms with Gasteiger partial charge in [0.05, 0.1) is 5.92 Å². The Morgan fingerprint density at radius 2 is 1.74 bits per heavy atom. The lowest BCUT2D eigenvalue weighted by molar-refractivity contribution is -0.117. The van der Waals surface area contributed by atoms with Gasteiger partial charge in [-0.1, -0.05) is 48.5 Å². The minimum absolute atomic E-state index is 0.0291. The van der Waals surface area contributed by atoms with Crippen molar-refractivity contribution in [2.75, 3.05) is 5.32 Å². The molecule has 0 aliphatic rings. The third-order valence-corrected chi connectivity index (χ3v) is 4.56. The van der Waals surface area contributed by atoms with Crippen LogP contribution < -0.4 is 5.32 Å². The van der Waals surface area contributed by atoms with Gasteiger partial charge in [0.15, 0.2) is 5.78 Å². The Balaban J connectivity index is 1.89. The van der Waals surface area contributed by atoms with Crippen molar-refractivity contribution in [2.24, 2.45) is 0 Å². The van der Waals surface area contributed by atoms with Gasteiger partial charge < -0.3 is 5.32 Å². The van der Waals surface area contributed by atoms with Crippen LogP contribution in [0.4, 0.5) is 5.69 Å². The summed E-state index contributed by atoms with van der Waals surface area (Å²) in [6, 6.07) is 20.7. The first-order valence-electron chi connectivity index (χ1n) is 8.92. The second kappa shape index (κ2) is 8.41. The van der Waals surface area contributed by atoms with E-state index in [4.69, 9.17) is 0 Å². The third kappa shape index (κ3) is 4.67. The number of amides is 1. The van der Waals surface area contributed by atoms with E-state index in [2.05, 4.69) is 10.3 Å². The first-order chi connectivity index (χ1) is 13.0. The largest absolute Gasteiger partial charge is 0.325 e. The Labute approximate surface area is 159 Å². The molecule has 3 aromatic rings. The number of rotatable bonds is 6. The van der Waals surface area contributed by atoms with Gasteiger partial charge >= 0.3 is 0 Å². The summed E-state index contributed by atoms with van der Waals surface area (Å²) in [5, 5.41) is 3.01. The van der Waals surface area contributed by atoms with Crippen molar-refractivity contribution in [3.63, 3.8) is 0 Å². The first-order valence-corrected chi connectivity index (χ1v) is 8.92. The number of aromatic nitrogens is 1. The number of Topliss-reactive ketones (excluding diaryl/α,β-unsaturated/α-hetero) is 1. The molecule has 1 unspecified atom stereocenters. The summed E-state index contributed by atoms with van der Waals surface area (Å²) >= 11 is 0. The highest BCUT2D eigenvalue weighted by Gasteiger charge is 2.22. The molecule has 0 saturated heterocycles. The maximum absolute atomic E-state index is 13.1. The van der Waals surface area contributed by atoms with E-state index in [0.29, 0.717) is 17.7 Å². The quantitative estimate of drug-likeness (QED) is 0.657. The molecular formula is C23H22N2O2. The fourth-order valence-corrected chi connectivity index (χ4v) is 2.97. The number of benzene rings is 2. The minimum Gasteiger partial charge on any atom is -0.325 e.